The minimum Gasteiger partial charge on any atom is -0.445 e. The van der Waals surface area contributed by atoms with Gasteiger partial charge in [0.15, 0.2) is 0 Å². The van der Waals surface area contributed by atoms with Gasteiger partial charge in [0, 0.05) is 154 Å². The van der Waals surface area contributed by atoms with Gasteiger partial charge in [-0.3, -0.25) is 14.0 Å². The Kier molecular flexibility index (Phi) is 17.3. The van der Waals surface area contributed by atoms with E-state index in [-0.39, 0.29) is 6.09 Å². The average Bonchev–Trinajstić information content (AvgIpc) is 4.20. The molecule has 0 unspecified atom stereocenters. The summed E-state index contributed by atoms with van der Waals surface area (Å²) in [7, 11) is 1.00. The molecule has 1 amide bonds. The molecule has 0 radical (unpaired) electrons. The number of aliphatic hydroxyl groups excluding tert-OH is 1. The second-order valence-corrected chi connectivity index (χ2v) is 21.7. The van der Waals surface area contributed by atoms with Crippen LogP contribution in [-0.2, 0) is 11.3 Å². The Morgan fingerprint density at radius 2 is 1.01 bits per heavy atom. The van der Waals surface area contributed by atoms with Crippen molar-refractivity contribution in [3.63, 3.8) is 0 Å². The molecule has 0 aliphatic carbocycles. The molecule has 0 atom stereocenters. The van der Waals surface area contributed by atoms with Crippen molar-refractivity contribution in [2.24, 2.45) is 11.8 Å². The minimum absolute atomic E-state index is 0.209. The second-order valence-electron chi connectivity index (χ2n) is 21.7. The number of piperazine rings is 2. The van der Waals surface area contributed by atoms with Crippen LogP contribution in [0.5, 0.6) is 0 Å². The number of carbonyl (C=O) groups is 1. The lowest BCUT2D eigenvalue weighted by atomic mass is 9.93. The van der Waals surface area contributed by atoms with Crippen molar-refractivity contribution in [2.75, 3.05) is 120 Å². The van der Waals surface area contributed by atoms with Gasteiger partial charge < -0.3 is 46.2 Å². The second kappa shape index (κ2) is 25.5. The highest BCUT2D eigenvalue weighted by Gasteiger charge is 2.26. The number of nitrogens with one attached hydrogen (secondary N) is 1. The summed E-state index contributed by atoms with van der Waals surface area (Å²) < 4.78 is 9.70. The number of hydrogen-bond acceptors (Lipinski definition) is 14. The minimum atomic E-state index is -0.209. The summed E-state index contributed by atoms with van der Waals surface area (Å²) in [5.74, 6) is 5.38. The van der Waals surface area contributed by atoms with Crippen LogP contribution in [0.15, 0.2) is 140 Å². The highest BCUT2D eigenvalue weighted by Crippen LogP contribution is 2.32. The van der Waals surface area contributed by atoms with Crippen molar-refractivity contribution < 1.29 is 14.6 Å². The van der Waals surface area contributed by atoms with E-state index in [4.69, 9.17) is 31.3 Å². The first-order chi connectivity index (χ1) is 39.3. The Labute approximate surface area is 468 Å². The lowest BCUT2D eigenvalue weighted by molar-refractivity contribution is 0.0700. The Bertz CT molecular complexity index is 3480. The Hall–Kier alpha value is -7.83. The van der Waals surface area contributed by atoms with Crippen LogP contribution in [-0.4, -0.2) is 154 Å². The Morgan fingerprint density at radius 3 is 1.51 bits per heavy atom. The summed E-state index contributed by atoms with van der Waals surface area (Å²) in [6.45, 7) is 14.8. The Morgan fingerprint density at radius 1 is 0.537 bits per heavy atom. The standard InChI is InChI=1S/C35H39N7O2.C27H33N7.CH4O/c36-31-8-4-7-29-23-37-34(22-30(29)31)42-16-12-28-21-33(38-24-32(28)42)40-14-10-26(11-15-40)9-13-39-17-19-41(20-18-39)35(43)44-25-27-5-2-1-3-6-27;28-24-3-1-2-22-18-30-27(17-23(22)24)34-13-7-21-16-26(31-19-25(21)34)33-11-5-20(6-12-33)4-10-32-14-8-29-9-15-32;1-2/h1-8,12,16,21-24,26H,9-11,13-15,17-20,25,36H2;1-3,7,13,16-20,29H,4-6,8-12,14-15,28H2;2H,1H3. The van der Waals surface area contributed by atoms with E-state index < -0.39 is 0 Å². The van der Waals surface area contributed by atoms with Crippen molar-refractivity contribution in [2.45, 2.75) is 45.1 Å². The molecule has 4 aliphatic rings. The number of nitrogen functional groups attached to an aromatic ring is 2. The van der Waals surface area contributed by atoms with Crippen LogP contribution in [0.1, 0.15) is 44.1 Å². The van der Waals surface area contributed by atoms with Crippen molar-refractivity contribution >= 4 is 72.5 Å². The maximum atomic E-state index is 12.5. The van der Waals surface area contributed by atoms with Crippen molar-refractivity contribution in [3.05, 3.63) is 146 Å². The van der Waals surface area contributed by atoms with Crippen LogP contribution < -0.4 is 26.6 Å². The van der Waals surface area contributed by atoms with Crippen molar-refractivity contribution in [3.8, 4) is 11.6 Å². The van der Waals surface area contributed by atoms with Crippen LogP contribution in [0.3, 0.4) is 0 Å². The number of hydrogen-bond donors (Lipinski definition) is 4. The molecule has 9 aromatic rings. The molecular weight excluding hydrogens is 1000 g/mol. The number of piperidine rings is 2. The molecule has 6 N–H and O–H groups in total. The first-order valence-electron chi connectivity index (χ1n) is 28.6. The fourth-order valence-corrected chi connectivity index (χ4v) is 12.0. The third kappa shape index (κ3) is 12.6. The molecule has 17 nitrogen and oxygen atoms in total. The summed E-state index contributed by atoms with van der Waals surface area (Å²) in [4.78, 5) is 43.4. The van der Waals surface area contributed by atoms with Gasteiger partial charge in [-0.25, -0.2) is 24.7 Å². The monoisotopic (exact) mass is 1080 g/mol. The van der Waals surface area contributed by atoms with E-state index in [0.29, 0.717) is 6.61 Å². The Balaban J connectivity index is 0.000000169. The maximum Gasteiger partial charge on any atom is 0.410 e. The predicted molar refractivity (Wildman–Crippen MR) is 323 cm³/mol. The molecule has 10 heterocycles. The van der Waals surface area contributed by atoms with Gasteiger partial charge in [-0.05, 0) is 118 Å². The molecule has 0 spiro atoms. The zero-order valence-corrected chi connectivity index (χ0v) is 46.1. The molecule has 4 fully saturated rings. The number of nitrogens with zero attached hydrogens (tertiary/aromatic N) is 11. The largest absolute Gasteiger partial charge is 0.445 e. The van der Waals surface area contributed by atoms with Crippen molar-refractivity contribution in [1.29, 1.82) is 0 Å². The van der Waals surface area contributed by atoms with E-state index >= 15 is 0 Å². The fraction of sp³-hybridized carbons (Fsp3) is 0.381. The van der Waals surface area contributed by atoms with Gasteiger partial charge in [-0.1, -0.05) is 54.6 Å². The summed E-state index contributed by atoms with van der Waals surface area (Å²) >= 11 is 0. The van der Waals surface area contributed by atoms with E-state index in [1.165, 1.54) is 63.5 Å². The van der Waals surface area contributed by atoms with Crippen LogP contribution >= 0.6 is 0 Å². The number of pyridine rings is 4. The smallest absolute Gasteiger partial charge is 0.410 e. The third-order valence-corrected chi connectivity index (χ3v) is 16.8. The molecule has 4 aliphatic heterocycles. The zero-order valence-electron chi connectivity index (χ0n) is 46.1. The number of aliphatic hydroxyl groups is 1. The van der Waals surface area contributed by atoms with E-state index in [0.717, 1.165) is 169 Å². The number of carbonyl (C=O) groups excluding carboxylic acids is 1. The topological polar surface area (TPSA) is 188 Å². The molecule has 13 rings (SSSR count). The number of ether oxygens (including phenoxy) is 1. The van der Waals surface area contributed by atoms with Crippen LogP contribution in [0.4, 0.5) is 27.8 Å². The molecule has 6 aromatic heterocycles. The summed E-state index contributed by atoms with van der Waals surface area (Å²) in [6, 6.07) is 34.5. The van der Waals surface area contributed by atoms with Gasteiger partial charge in [-0.15, -0.1) is 0 Å². The third-order valence-electron chi connectivity index (χ3n) is 16.8. The van der Waals surface area contributed by atoms with E-state index in [1.54, 1.807) is 0 Å². The number of amides is 1. The maximum absolute atomic E-state index is 12.5. The number of benzene rings is 3. The number of nitrogens with two attached hydrogens (primary N) is 2. The van der Waals surface area contributed by atoms with Gasteiger partial charge >= 0.3 is 6.09 Å². The lowest BCUT2D eigenvalue weighted by Crippen LogP contribution is -2.49. The van der Waals surface area contributed by atoms with Gasteiger partial charge in [-0.2, -0.15) is 0 Å². The van der Waals surface area contributed by atoms with Crippen LogP contribution in [0.25, 0.3) is 55.0 Å². The lowest BCUT2D eigenvalue weighted by Gasteiger charge is -2.36. The normalized spacial score (nSPS) is 16.9. The van der Waals surface area contributed by atoms with E-state index in [2.05, 4.69) is 86.7 Å². The molecule has 3 aromatic carbocycles. The van der Waals surface area contributed by atoms with E-state index in [9.17, 15) is 4.79 Å². The van der Waals surface area contributed by atoms with E-state index in [1.807, 2.05) is 102 Å². The van der Waals surface area contributed by atoms with Gasteiger partial charge in [0.1, 0.15) is 29.9 Å². The van der Waals surface area contributed by atoms with Crippen LogP contribution in [0, 0.1) is 11.8 Å². The number of anilines is 4. The molecular formula is C63H76N14O3. The predicted octanol–water partition coefficient (Wildman–Crippen LogP) is 8.99. The first-order valence-corrected chi connectivity index (χ1v) is 28.6. The summed E-state index contributed by atoms with van der Waals surface area (Å²) in [5.41, 5.74) is 17.1. The first kappa shape index (κ1) is 54.1. The number of aromatic nitrogens is 6. The van der Waals surface area contributed by atoms with Crippen LogP contribution in [0.2, 0.25) is 0 Å². The quantitative estimate of drug-likeness (QED) is 0.0849. The summed E-state index contributed by atoms with van der Waals surface area (Å²) in [5, 5.41) is 16.9. The molecule has 0 bridgehead atoms. The van der Waals surface area contributed by atoms with Crippen molar-refractivity contribution in [1.82, 2.24) is 49.1 Å². The van der Waals surface area contributed by atoms with Gasteiger partial charge in [0.25, 0.3) is 0 Å². The molecule has 17 heteroatoms. The van der Waals surface area contributed by atoms with Gasteiger partial charge in [0.2, 0.25) is 0 Å². The highest BCUT2D eigenvalue weighted by atomic mass is 16.6. The molecule has 4 saturated heterocycles. The van der Waals surface area contributed by atoms with Gasteiger partial charge in [0.05, 0.1) is 23.4 Å². The average molecular weight is 1080 g/mol. The highest BCUT2D eigenvalue weighted by molar-refractivity contribution is 5.95. The SMILES string of the molecule is CO.Nc1cccc2cnc(-n3ccc4cc(N5CCC(CCN6CCN(C(=O)OCc7ccccc7)CC6)CC5)ncc43)cc12.Nc1cccc2cnc(-n3ccc4cc(N5CCC(CCN6CCNCC6)CC5)ncc43)cc12. The fourth-order valence-electron chi connectivity index (χ4n) is 12.0. The number of fused-ring (bicyclic) bond motifs is 4. The molecule has 80 heavy (non-hydrogen) atoms. The molecule has 0 saturated carbocycles. The molecule has 416 valence electrons. The summed E-state index contributed by atoms with van der Waals surface area (Å²) in [6.07, 6.45) is 19.0. The number of rotatable bonds is 12. The zero-order chi connectivity index (χ0) is 54.8.